The number of piperidine rings is 1. The molecule has 27 heavy (non-hydrogen) atoms. The number of amides is 3. The van der Waals surface area contributed by atoms with Gasteiger partial charge < -0.3 is 9.88 Å². The van der Waals surface area contributed by atoms with Crippen LogP contribution in [0.25, 0.3) is 10.9 Å². The number of aromatic nitrogens is 1. The Balaban J connectivity index is 1.61. The number of hydrogen-bond donors (Lipinski definition) is 2. The van der Waals surface area contributed by atoms with Crippen LogP contribution in [0.4, 0.5) is 10.5 Å². The van der Waals surface area contributed by atoms with Crippen LogP contribution in [0.5, 0.6) is 0 Å². The third-order valence-electron chi connectivity index (χ3n) is 6.25. The molecular formula is C21H26N4O2. The quantitative estimate of drug-likeness (QED) is 0.877. The van der Waals surface area contributed by atoms with E-state index in [9.17, 15) is 9.59 Å². The summed E-state index contributed by atoms with van der Waals surface area (Å²) >= 11 is 0. The number of anilines is 1. The monoisotopic (exact) mass is 366 g/mol. The Morgan fingerprint density at radius 3 is 2.56 bits per heavy atom. The Kier molecular flexibility index (Phi) is 3.97. The van der Waals surface area contributed by atoms with Gasteiger partial charge in [-0.25, -0.2) is 4.79 Å². The minimum absolute atomic E-state index is 0.189. The van der Waals surface area contributed by atoms with E-state index in [0.29, 0.717) is 24.9 Å². The second kappa shape index (κ2) is 6.37. The van der Waals surface area contributed by atoms with Crippen molar-refractivity contribution in [3.05, 3.63) is 29.5 Å². The Morgan fingerprint density at radius 2 is 1.85 bits per heavy atom. The first-order valence-corrected chi connectivity index (χ1v) is 10.1. The second-order valence-electron chi connectivity index (χ2n) is 8.16. The topological polar surface area (TPSA) is 66.4 Å². The Hall–Kier alpha value is -2.34. The normalized spacial score (nSPS) is 21.7. The van der Waals surface area contributed by atoms with Crippen molar-refractivity contribution in [2.75, 3.05) is 24.5 Å². The second-order valence-corrected chi connectivity index (χ2v) is 8.16. The molecule has 2 saturated heterocycles. The zero-order chi connectivity index (χ0) is 18.5. The van der Waals surface area contributed by atoms with Crippen LogP contribution in [0, 0.1) is 6.92 Å². The molecule has 0 radical (unpaired) electrons. The Morgan fingerprint density at radius 1 is 1.07 bits per heavy atom. The summed E-state index contributed by atoms with van der Waals surface area (Å²) in [4.78, 5) is 25.6. The SMILES string of the molecule is Cc1cc2c(cc1N1CCC(=O)NC1=O)c(C1CC1)cn2C1CCNCC1. The zero-order valence-electron chi connectivity index (χ0n) is 15.8. The maximum absolute atomic E-state index is 12.4. The van der Waals surface area contributed by atoms with Crippen LogP contribution in [0.1, 0.15) is 55.2 Å². The standard InChI is InChI=1S/C21H26N4O2/c1-13-10-19-16(11-18(13)24-9-6-20(26)23-21(24)27)17(14-2-3-14)12-25(19)15-4-7-22-8-5-15/h10-12,14-15,22H,2-9H2,1H3,(H,23,26,27). The minimum Gasteiger partial charge on any atom is -0.344 e. The van der Waals surface area contributed by atoms with Crippen LogP contribution in [0.2, 0.25) is 0 Å². The van der Waals surface area contributed by atoms with E-state index in [1.807, 2.05) is 0 Å². The fraction of sp³-hybridized carbons (Fsp3) is 0.524. The van der Waals surface area contributed by atoms with Gasteiger partial charge in [0.25, 0.3) is 0 Å². The van der Waals surface area contributed by atoms with Crippen molar-refractivity contribution in [2.45, 2.75) is 51.0 Å². The highest BCUT2D eigenvalue weighted by Crippen LogP contribution is 2.46. The number of rotatable bonds is 3. The molecule has 0 unspecified atom stereocenters. The molecule has 3 aliphatic rings. The van der Waals surface area contributed by atoms with E-state index in [4.69, 9.17) is 0 Å². The van der Waals surface area contributed by atoms with Gasteiger partial charge in [0.05, 0.1) is 0 Å². The van der Waals surface area contributed by atoms with E-state index in [1.54, 1.807) is 4.90 Å². The first-order chi connectivity index (χ1) is 13.1. The van der Waals surface area contributed by atoms with Crippen molar-refractivity contribution >= 4 is 28.5 Å². The lowest BCUT2D eigenvalue weighted by Crippen LogP contribution is -2.49. The first kappa shape index (κ1) is 16.8. The number of fused-ring (bicyclic) bond motifs is 1. The molecule has 1 saturated carbocycles. The van der Waals surface area contributed by atoms with E-state index in [-0.39, 0.29) is 11.9 Å². The van der Waals surface area contributed by atoms with Crippen LogP contribution in [0.15, 0.2) is 18.3 Å². The van der Waals surface area contributed by atoms with Crippen molar-refractivity contribution < 1.29 is 9.59 Å². The van der Waals surface area contributed by atoms with Crippen LogP contribution >= 0.6 is 0 Å². The molecule has 3 heterocycles. The number of benzene rings is 1. The molecule has 0 bridgehead atoms. The molecule has 3 fully saturated rings. The van der Waals surface area contributed by atoms with Gasteiger partial charge in [0.2, 0.25) is 5.91 Å². The highest BCUT2D eigenvalue weighted by Gasteiger charge is 2.31. The minimum atomic E-state index is -0.306. The predicted octanol–water partition coefficient (Wildman–Crippen LogP) is 3.20. The van der Waals surface area contributed by atoms with Crippen molar-refractivity contribution in [2.24, 2.45) is 0 Å². The van der Waals surface area contributed by atoms with Gasteiger partial charge in [0.1, 0.15) is 0 Å². The summed E-state index contributed by atoms with van der Waals surface area (Å²) in [6.45, 7) is 4.66. The molecule has 142 valence electrons. The van der Waals surface area contributed by atoms with Crippen molar-refractivity contribution in [1.29, 1.82) is 0 Å². The molecule has 6 nitrogen and oxygen atoms in total. The smallest absolute Gasteiger partial charge is 0.328 e. The summed E-state index contributed by atoms with van der Waals surface area (Å²) in [5.41, 5.74) is 4.73. The number of aryl methyl sites for hydroxylation is 1. The maximum atomic E-state index is 12.4. The van der Waals surface area contributed by atoms with E-state index >= 15 is 0 Å². The van der Waals surface area contributed by atoms with Gasteiger partial charge in [-0.15, -0.1) is 0 Å². The van der Waals surface area contributed by atoms with Gasteiger partial charge in [-0.05, 0) is 74.9 Å². The van der Waals surface area contributed by atoms with Gasteiger partial charge in [0, 0.05) is 41.8 Å². The summed E-state index contributed by atoms with van der Waals surface area (Å²) in [6, 6.07) is 4.66. The van der Waals surface area contributed by atoms with Crippen molar-refractivity contribution in [3.8, 4) is 0 Å². The van der Waals surface area contributed by atoms with Crippen molar-refractivity contribution in [1.82, 2.24) is 15.2 Å². The summed E-state index contributed by atoms with van der Waals surface area (Å²) in [7, 11) is 0. The molecule has 3 amide bonds. The molecular weight excluding hydrogens is 340 g/mol. The molecule has 6 heteroatoms. The van der Waals surface area contributed by atoms with E-state index in [2.05, 4.69) is 40.5 Å². The van der Waals surface area contributed by atoms with Gasteiger partial charge >= 0.3 is 6.03 Å². The van der Waals surface area contributed by atoms with Gasteiger partial charge in [-0.1, -0.05) is 0 Å². The van der Waals surface area contributed by atoms with E-state index in [0.717, 1.165) is 37.2 Å². The summed E-state index contributed by atoms with van der Waals surface area (Å²) in [6.07, 6.45) is 7.56. The van der Waals surface area contributed by atoms with Crippen LogP contribution in [-0.4, -0.2) is 36.1 Å². The van der Waals surface area contributed by atoms with Gasteiger partial charge in [0.15, 0.2) is 0 Å². The number of urea groups is 1. The summed E-state index contributed by atoms with van der Waals surface area (Å²) in [5, 5.41) is 7.18. The highest BCUT2D eigenvalue weighted by molar-refractivity contribution is 6.07. The fourth-order valence-electron chi connectivity index (χ4n) is 4.61. The largest absolute Gasteiger partial charge is 0.344 e. The first-order valence-electron chi connectivity index (χ1n) is 10.1. The van der Waals surface area contributed by atoms with Crippen molar-refractivity contribution in [3.63, 3.8) is 0 Å². The molecule has 2 N–H and O–H groups in total. The number of carbonyl (C=O) groups is 2. The van der Waals surface area contributed by atoms with Crippen LogP contribution < -0.4 is 15.5 Å². The molecule has 1 aromatic heterocycles. The Bertz CT molecular complexity index is 922. The third-order valence-corrected chi connectivity index (χ3v) is 6.25. The summed E-state index contributed by atoms with van der Waals surface area (Å²) < 4.78 is 2.49. The molecule has 5 rings (SSSR count). The Labute approximate surface area is 158 Å². The molecule has 2 aliphatic heterocycles. The number of carbonyl (C=O) groups excluding carboxylic acids is 2. The fourth-order valence-corrected chi connectivity index (χ4v) is 4.61. The maximum Gasteiger partial charge on any atom is 0.328 e. The lowest BCUT2D eigenvalue weighted by molar-refractivity contribution is -0.120. The molecule has 1 aromatic carbocycles. The van der Waals surface area contributed by atoms with Crippen LogP contribution in [0.3, 0.4) is 0 Å². The number of nitrogens with zero attached hydrogens (tertiary/aromatic N) is 2. The number of hydrogen-bond acceptors (Lipinski definition) is 3. The number of imide groups is 1. The molecule has 2 aromatic rings. The third kappa shape index (κ3) is 2.92. The lowest BCUT2D eigenvalue weighted by Gasteiger charge is -2.28. The zero-order valence-corrected chi connectivity index (χ0v) is 15.8. The summed E-state index contributed by atoms with van der Waals surface area (Å²) in [5.74, 6) is 0.466. The van der Waals surface area contributed by atoms with E-state index < -0.39 is 0 Å². The molecule has 1 aliphatic carbocycles. The lowest BCUT2D eigenvalue weighted by atomic mass is 10.0. The predicted molar refractivity (Wildman–Crippen MR) is 105 cm³/mol. The van der Waals surface area contributed by atoms with E-state index in [1.165, 1.54) is 29.3 Å². The van der Waals surface area contributed by atoms with Gasteiger partial charge in [-0.2, -0.15) is 0 Å². The molecule has 0 atom stereocenters. The number of nitrogens with one attached hydrogen (secondary N) is 2. The average molecular weight is 366 g/mol. The average Bonchev–Trinajstić information content (AvgIpc) is 3.44. The molecule has 0 spiro atoms. The van der Waals surface area contributed by atoms with Crippen LogP contribution in [-0.2, 0) is 4.79 Å². The highest BCUT2D eigenvalue weighted by atomic mass is 16.2. The van der Waals surface area contributed by atoms with Gasteiger partial charge in [-0.3, -0.25) is 15.0 Å².